The third-order valence-corrected chi connectivity index (χ3v) is 2.90. The molecule has 2 aliphatic rings. The van der Waals surface area contributed by atoms with Crippen LogP contribution in [0.4, 0.5) is 9.59 Å². The molecule has 138 valence electrons. The Labute approximate surface area is 142 Å². The number of aliphatic hydroxyl groups is 1. The summed E-state index contributed by atoms with van der Waals surface area (Å²) in [6.07, 6.45) is -1.10. The zero-order valence-corrected chi connectivity index (χ0v) is 15.3. The Morgan fingerprint density at radius 2 is 1.29 bits per heavy atom. The molecule has 0 aromatic heterocycles. The average Bonchev–Trinajstić information content (AvgIpc) is 2.27. The van der Waals surface area contributed by atoms with Gasteiger partial charge in [-0.3, -0.25) is 9.69 Å². The number of Topliss-reactive ketones (excluding diaryl/α,β-unsaturated/α-hetero) is 1. The van der Waals surface area contributed by atoms with Gasteiger partial charge < -0.3 is 19.5 Å². The van der Waals surface area contributed by atoms with Crippen molar-refractivity contribution < 1.29 is 29.0 Å². The molecular formula is C16H28N2O6. The number of ether oxygens (including phenoxy) is 2. The highest BCUT2D eigenvalue weighted by molar-refractivity contribution is 5.94. The van der Waals surface area contributed by atoms with Gasteiger partial charge in [-0.1, -0.05) is 0 Å². The third-order valence-electron chi connectivity index (χ3n) is 2.90. The van der Waals surface area contributed by atoms with Gasteiger partial charge in [0.25, 0.3) is 0 Å². The van der Waals surface area contributed by atoms with Crippen molar-refractivity contribution in [2.75, 3.05) is 26.2 Å². The van der Waals surface area contributed by atoms with E-state index in [2.05, 4.69) is 0 Å². The second-order valence-corrected chi connectivity index (χ2v) is 7.91. The molecule has 2 amide bonds. The molecule has 8 heteroatoms. The van der Waals surface area contributed by atoms with E-state index in [1.165, 1.54) is 9.80 Å². The van der Waals surface area contributed by atoms with Crippen LogP contribution in [0.25, 0.3) is 0 Å². The van der Waals surface area contributed by atoms with E-state index in [0.717, 1.165) is 0 Å². The summed E-state index contributed by atoms with van der Waals surface area (Å²) in [5.41, 5.74) is -0.923. The molecule has 2 fully saturated rings. The Morgan fingerprint density at radius 3 is 1.58 bits per heavy atom. The predicted molar refractivity (Wildman–Crippen MR) is 86.6 cm³/mol. The van der Waals surface area contributed by atoms with Crippen molar-refractivity contribution in [2.45, 2.75) is 58.8 Å². The van der Waals surface area contributed by atoms with Gasteiger partial charge in [0, 0.05) is 0 Å². The van der Waals surface area contributed by atoms with Gasteiger partial charge in [0.15, 0.2) is 5.78 Å². The maximum Gasteiger partial charge on any atom is 0.411 e. The van der Waals surface area contributed by atoms with Crippen molar-refractivity contribution >= 4 is 18.0 Å². The van der Waals surface area contributed by atoms with Crippen LogP contribution < -0.4 is 0 Å². The normalized spacial score (nSPS) is 18.0. The Hall–Kier alpha value is -1.83. The molecule has 0 radical (unpaired) electrons. The number of ketones is 1. The molecule has 0 aliphatic carbocycles. The van der Waals surface area contributed by atoms with E-state index < -0.39 is 17.3 Å². The topological polar surface area (TPSA) is 96.4 Å². The highest BCUT2D eigenvalue weighted by atomic mass is 16.6. The highest BCUT2D eigenvalue weighted by Gasteiger charge is 2.32. The van der Waals surface area contributed by atoms with Crippen molar-refractivity contribution in [2.24, 2.45) is 0 Å². The minimum atomic E-state index is -0.476. The lowest BCUT2D eigenvalue weighted by Crippen LogP contribution is -2.54. The standard InChI is InChI=1S/C8H15NO3.C8H13NO3/c2*1-8(2,3)12-7(11)9-4-6(10)5-9/h6,10H,4-5H2,1-3H3;4-5H2,1-3H3. The SMILES string of the molecule is CC(C)(C)OC(=O)N1CC(=O)C1.CC(C)(C)OC(=O)N1CC(O)C1. The molecule has 2 rings (SSSR count). The van der Waals surface area contributed by atoms with Crippen LogP contribution >= 0.6 is 0 Å². The van der Waals surface area contributed by atoms with E-state index >= 15 is 0 Å². The lowest BCUT2D eigenvalue weighted by Gasteiger charge is -2.36. The third kappa shape index (κ3) is 7.16. The fourth-order valence-corrected chi connectivity index (χ4v) is 1.77. The Bertz CT molecular complexity index is 478. The van der Waals surface area contributed by atoms with Crippen molar-refractivity contribution in [1.29, 1.82) is 0 Å². The van der Waals surface area contributed by atoms with Crippen molar-refractivity contribution in [3.63, 3.8) is 0 Å². The maximum absolute atomic E-state index is 11.2. The molecule has 8 nitrogen and oxygen atoms in total. The summed E-state index contributed by atoms with van der Waals surface area (Å²) >= 11 is 0. The maximum atomic E-state index is 11.2. The molecule has 24 heavy (non-hydrogen) atoms. The fraction of sp³-hybridized carbons (Fsp3) is 0.812. The zero-order valence-electron chi connectivity index (χ0n) is 15.3. The average molecular weight is 344 g/mol. The van der Waals surface area contributed by atoms with E-state index in [9.17, 15) is 14.4 Å². The summed E-state index contributed by atoms with van der Waals surface area (Å²) in [4.78, 5) is 35.7. The Morgan fingerprint density at radius 1 is 0.917 bits per heavy atom. The van der Waals surface area contributed by atoms with Crippen LogP contribution in [0, 0.1) is 0 Å². The van der Waals surface area contributed by atoms with E-state index in [4.69, 9.17) is 14.6 Å². The molecule has 0 spiro atoms. The lowest BCUT2D eigenvalue weighted by molar-refractivity contribution is -0.128. The summed E-state index contributed by atoms with van der Waals surface area (Å²) in [5.74, 6) is 0.0841. The molecule has 1 N–H and O–H groups in total. The van der Waals surface area contributed by atoms with Crippen LogP contribution in [0.2, 0.25) is 0 Å². The minimum absolute atomic E-state index is 0.0841. The van der Waals surface area contributed by atoms with Gasteiger partial charge in [-0.05, 0) is 41.5 Å². The van der Waals surface area contributed by atoms with Gasteiger partial charge in [0.05, 0.1) is 32.3 Å². The molecule has 0 aromatic carbocycles. The van der Waals surface area contributed by atoms with Crippen LogP contribution in [0.15, 0.2) is 0 Å². The molecule has 0 unspecified atom stereocenters. The number of nitrogens with zero attached hydrogens (tertiary/aromatic N) is 2. The number of hydrogen-bond acceptors (Lipinski definition) is 6. The largest absolute Gasteiger partial charge is 0.444 e. The minimum Gasteiger partial charge on any atom is -0.444 e. The monoisotopic (exact) mass is 344 g/mol. The van der Waals surface area contributed by atoms with Crippen molar-refractivity contribution in [3.8, 4) is 0 Å². The number of rotatable bonds is 0. The van der Waals surface area contributed by atoms with E-state index in [1.54, 1.807) is 20.8 Å². The first-order valence-electron chi connectivity index (χ1n) is 7.92. The van der Waals surface area contributed by atoms with Gasteiger partial charge in [-0.25, -0.2) is 9.59 Å². The van der Waals surface area contributed by atoms with E-state index in [1.807, 2.05) is 20.8 Å². The molecule has 0 bridgehead atoms. The van der Waals surface area contributed by atoms with Crippen LogP contribution in [0.3, 0.4) is 0 Å². The lowest BCUT2D eigenvalue weighted by atomic mass is 10.2. The fourth-order valence-electron chi connectivity index (χ4n) is 1.77. The molecule has 0 atom stereocenters. The first-order chi connectivity index (χ1) is 10.8. The highest BCUT2D eigenvalue weighted by Crippen LogP contribution is 2.14. The Balaban J connectivity index is 0.000000240. The second-order valence-electron chi connectivity index (χ2n) is 7.91. The molecule has 2 saturated heterocycles. The number of β-amino-alcohol motifs (C(OH)–C–C–N with tert-alkyl or cyclic N) is 1. The number of carbonyl (C=O) groups is 3. The molecular weight excluding hydrogens is 316 g/mol. The summed E-state index contributed by atoms with van der Waals surface area (Å²) in [7, 11) is 0. The van der Waals surface area contributed by atoms with Crippen LogP contribution in [-0.2, 0) is 14.3 Å². The smallest absolute Gasteiger partial charge is 0.411 e. The van der Waals surface area contributed by atoms with E-state index in [-0.39, 0.29) is 31.1 Å². The summed E-state index contributed by atoms with van der Waals surface area (Å²) in [6, 6.07) is 0. The van der Waals surface area contributed by atoms with Gasteiger partial charge in [-0.15, -0.1) is 0 Å². The molecule has 0 aromatic rings. The molecule has 2 aliphatic heterocycles. The summed E-state index contributed by atoms with van der Waals surface area (Å²) < 4.78 is 10.1. The van der Waals surface area contributed by atoms with Gasteiger partial charge >= 0.3 is 12.2 Å². The first-order valence-corrected chi connectivity index (χ1v) is 7.92. The summed E-state index contributed by atoms with van der Waals surface area (Å²) in [5, 5.41) is 8.92. The number of hydrogen-bond donors (Lipinski definition) is 1. The zero-order chi connectivity index (χ0) is 18.7. The number of aliphatic hydroxyl groups excluding tert-OH is 1. The van der Waals surface area contributed by atoms with Gasteiger partial charge in [0.2, 0.25) is 0 Å². The van der Waals surface area contributed by atoms with Gasteiger partial charge in [-0.2, -0.15) is 0 Å². The van der Waals surface area contributed by atoms with Crippen LogP contribution in [-0.4, -0.2) is 76.4 Å². The van der Waals surface area contributed by atoms with E-state index in [0.29, 0.717) is 13.1 Å². The van der Waals surface area contributed by atoms with Crippen molar-refractivity contribution in [3.05, 3.63) is 0 Å². The molecule has 0 saturated carbocycles. The van der Waals surface area contributed by atoms with Crippen LogP contribution in [0.1, 0.15) is 41.5 Å². The Kier molecular flexibility index (Phi) is 6.21. The number of carbonyl (C=O) groups excluding carboxylic acids is 3. The second kappa shape index (κ2) is 7.38. The first kappa shape index (κ1) is 20.2. The van der Waals surface area contributed by atoms with Crippen molar-refractivity contribution in [1.82, 2.24) is 9.80 Å². The number of likely N-dealkylation sites (tertiary alicyclic amines) is 2. The molecule has 2 heterocycles. The van der Waals surface area contributed by atoms with Gasteiger partial charge in [0.1, 0.15) is 11.2 Å². The number of amides is 2. The predicted octanol–water partition coefficient (Wildman–Crippen LogP) is 1.40. The quantitative estimate of drug-likeness (QED) is 0.713. The van der Waals surface area contributed by atoms with Crippen LogP contribution in [0.5, 0.6) is 0 Å². The summed E-state index contributed by atoms with van der Waals surface area (Å²) in [6.45, 7) is 12.1.